The molecule has 1 heterocycles. The first kappa shape index (κ1) is 18.3. The maximum atomic E-state index is 5.92. The van der Waals surface area contributed by atoms with Gasteiger partial charge in [0.15, 0.2) is 5.96 Å². The van der Waals surface area contributed by atoms with Crippen LogP contribution in [0.2, 0.25) is 4.34 Å². The van der Waals surface area contributed by atoms with Gasteiger partial charge < -0.3 is 15.4 Å². The zero-order valence-corrected chi connectivity index (χ0v) is 15.1. The summed E-state index contributed by atoms with van der Waals surface area (Å²) >= 11 is 7.54. The highest BCUT2D eigenvalue weighted by molar-refractivity contribution is 7.16. The third kappa shape index (κ3) is 6.68. The first-order valence-electron chi connectivity index (χ1n) is 7.08. The van der Waals surface area contributed by atoms with E-state index in [4.69, 9.17) is 16.3 Å². The third-order valence-electron chi connectivity index (χ3n) is 3.22. The van der Waals surface area contributed by atoms with Crippen LogP contribution in [-0.2, 0) is 11.2 Å². The molecular formula is C15H26ClN3OS. The van der Waals surface area contributed by atoms with Crippen LogP contribution in [0.5, 0.6) is 0 Å². The maximum absolute atomic E-state index is 5.92. The van der Waals surface area contributed by atoms with Gasteiger partial charge in [0.2, 0.25) is 0 Å². The van der Waals surface area contributed by atoms with E-state index in [9.17, 15) is 0 Å². The van der Waals surface area contributed by atoms with E-state index in [0.717, 1.165) is 29.8 Å². The molecule has 21 heavy (non-hydrogen) atoms. The van der Waals surface area contributed by atoms with E-state index in [-0.39, 0.29) is 11.5 Å². The molecule has 1 unspecified atom stereocenters. The van der Waals surface area contributed by atoms with Gasteiger partial charge in [-0.3, -0.25) is 4.99 Å². The van der Waals surface area contributed by atoms with Crippen LogP contribution in [0.4, 0.5) is 0 Å². The molecule has 0 aromatic carbocycles. The number of thiophene rings is 1. The summed E-state index contributed by atoms with van der Waals surface area (Å²) in [5.41, 5.74) is 0.0916. The van der Waals surface area contributed by atoms with Crippen molar-refractivity contribution in [2.24, 2.45) is 10.4 Å². The van der Waals surface area contributed by atoms with Gasteiger partial charge in [0.05, 0.1) is 10.4 Å². The molecule has 6 heteroatoms. The van der Waals surface area contributed by atoms with Crippen molar-refractivity contribution in [3.63, 3.8) is 0 Å². The van der Waals surface area contributed by atoms with Gasteiger partial charge in [0, 0.05) is 32.1 Å². The van der Waals surface area contributed by atoms with Gasteiger partial charge in [0.25, 0.3) is 0 Å². The van der Waals surface area contributed by atoms with E-state index >= 15 is 0 Å². The van der Waals surface area contributed by atoms with Crippen molar-refractivity contribution >= 4 is 28.9 Å². The molecule has 0 saturated carbocycles. The Bertz CT molecular complexity index is 454. The highest BCUT2D eigenvalue weighted by Gasteiger charge is 2.24. The Labute approximate surface area is 136 Å². The van der Waals surface area contributed by atoms with Gasteiger partial charge in [-0.2, -0.15) is 0 Å². The fourth-order valence-corrected chi connectivity index (χ4v) is 3.03. The lowest BCUT2D eigenvalue weighted by molar-refractivity contribution is 0.0205. The molecular weight excluding hydrogens is 306 g/mol. The molecule has 1 aromatic heterocycles. The molecule has 120 valence electrons. The van der Waals surface area contributed by atoms with Gasteiger partial charge in [0.1, 0.15) is 0 Å². The Balaban J connectivity index is 2.35. The number of nitrogens with one attached hydrogen (secondary N) is 2. The molecule has 0 aliphatic rings. The highest BCUT2D eigenvalue weighted by atomic mass is 35.5. The van der Waals surface area contributed by atoms with Crippen LogP contribution in [0, 0.1) is 5.41 Å². The average molecular weight is 332 g/mol. The largest absolute Gasteiger partial charge is 0.379 e. The second-order valence-corrected chi connectivity index (χ2v) is 7.73. The zero-order valence-electron chi connectivity index (χ0n) is 13.5. The van der Waals surface area contributed by atoms with Crippen molar-refractivity contribution in [3.05, 3.63) is 21.3 Å². The number of rotatable bonds is 6. The minimum Gasteiger partial charge on any atom is -0.379 e. The summed E-state index contributed by atoms with van der Waals surface area (Å²) in [4.78, 5) is 5.50. The minimum atomic E-state index is 0.0916. The van der Waals surface area contributed by atoms with Crippen LogP contribution in [0.25, 0.3) is 0 Å². The molecule has 0 aliphatic carbocycles. The molecule has 0 aliphatic heterocycles. The van der Waals surface area contributed by atoms with E-state index in [1.54, 1.807) is 25.5 Å². The lowest BCUT2D eigenvalue weighted by Crippen LogP contribution is -2.45. The monoisotopic (exact) mass is 331 g/mol. The fourth-order valence-electron chi connectivity index (χ4n) is 1.94. The average Bonchev–Trinajstić information content (AvgIpc) is 2.81. The molecule has 0 spiro atoms. The van der Waals surface area contributed by atoms with Gasteiger partial charge in [-0.15, -0.1) is 11.3 Å². The summed E-state index contributed by atoms with van der Waals surface area (Å²) in [6.45, 7) is 8.05. The summed E-state index contributed by atoms with van der Waals surface area (Å²) < 4.78 is 6.36. The van der Waals surface area contributed by atoms with Gasteiger partial charge >= 0.3 is 0 Å². The summed E-state index contributed by atoms with van der Waals surface area (Å²) in [7, 11) is 3.52. The Morgan fingerprint density at radius 1 is 1.38 bits per heavy atom. The van der Waals surface area contributed by atoms with Crippen LogP contribution < -0.4 is 10.6 Å². The number of halogens is 1. The van der Waals surface area contributed by atoms with Crippen molar-refractivity contribution in [3.8, 4) is 0 Å². The van der Waals surface area contributed by atoms with Gasteiger partial charge in [-0.1, -0.05) is 32.4 Å². The number of nitrogens with zero attached hydrogens (tertiary/aromatic N) is 1. The Morgan fingerprint density at radius 3 is 2.57 bits per heavy atom. The molecule has 4 nitrogen and oxygen atoms in total. The first-order valence-corrected chi connectivity index (χ1v) is 8.27. The number of ether oxygens (including phenoxy) is 1. The molecule has 1 atom stereocenters. The topological polar surface area (TPSA) is 45.7 Å². The Kier molecular flexibility index (Phi) is 7.49. The maximum Gasteiger partial charge on any atom is 0.191 e. The molecule has 1 rings (SSSR count). The van der Waals surface area contributed by atoms with Crippen molar-refractivity contribution in [2.45, 2.75) is 33.3 Å². The van der Waals surface area contributed by atoms with Crippen LogP contribution in [0.3, 0.4) is 0 Å². The number of methoxy groups -OCH3 is 1. The first-order chi connectivity index (χ1) is 9.86. The predicted molar refractivity (Wildman–Crippen MR) is 92.6 cm³/mol. The summed E-state index contributed by atoms with van der Waals surface area (Å²) in [6.07, 6.45) is 1.07. The molecule has 0 saturated heterocycles. The van der Waals surface area contributed by atoms with Crippen molar-refractivity contribution < 1.29 is 4.74 Å². The normalized spacial score (nSPS) is 14.1. The van der Waals surface area contributed by atoms with E-state index in [2.05, 4.69) is 42.5 Å². The Hall–Kier alpha value is -0.780. The van der Waals surface area contributed by atoms with E-state index in [1.165, 1.54) is 4.88 Å². The highest BCUT2D eigenvalue weighted by Crippen LogP contribution is 2.22. The zero-order chi connectivity index (χ0) is 15.9. The fraction of sp³-hybridized carbons (Fsp3) is 0.667. The van der Waals surface area contributed by atoms with Crippen LogP contribution in [0.1, 0.15) is 25.6 Å². The Morgan fingerprint density at radius 2 is 2.10 bits per heavy atom. The van der Waals surface area contributed by atoms with Crippen molar-refractivity contribution in [2.75, 3.05) is 27.2 Å². The van der Waals surface area contributed by atoms with Crippen LogP contribution >= 0.6 is 22.9 Å². The SMILES string of the molecule is CN=C(NCCc1ccc(Cl)s1)NCC(OC)C(C)(C)C. The molecule has 1 aromatic rings. The predicted octanol–water partition coefficient (Wildman–Crippen LogP) is 3.17. The van der Waals surface area contributed by atoms with Crippen LogP contribution in [0.15, 0.2) is 17.1 Å². The summed E-state index contributed by atoms with van der Waals surface area (Å²) in [6, 6.07) is 3.99. The number of aliphatic imine (C=N–C) groups is 1. The standard InChI is InChI=1S/C15H26ClN3OS/c1-15(2,3)12(20-5)10-19-14(17-4)18-9-8-11-6-7-13(16)21-11/h6-7,12H,8-10H2,1-5H3,(H2,17,18,19). The molecule has 0 bridgehead atoms. The van der Waals surface area contributed by atoms with Gasteiger partial charge in [-0.25, -0.2) is 0 Å². The van der Waals surface area contributed by atoms with Crippen molar-refractivity contribution in [1.29, 1.82) is 0 Å². The summed E-state index contributed by atoms with van der Waals surface area (Å²) in [5.74, 6) is 0.795. The molecule has 0 amide bonds. The van der Waals surface area contributed by atoms with E-state index in [1.807, 2.05) is 6.07 Å². The quantitative estimate of drug-likeness (QED) is 0.621. The number of hydrogen-bond acceptors (Lipinski definition) is 3. The molecule has 2 N–H and O–H groups in total. The van der Waals surface area contributed by atoms with Crippen LogP contribution in [-0.4, -0.2) is 39.3 Å². The van der Waals surface area contributed by atoms with Gasteiger partial charge in [-0.05, 0) is 24.0 Å². The second-order valence-electron chi connectivity index (χ2n) is 5.93. The lowest BCUT2D eigenvalue weighted by atomic mass is 9.89. The number of hydrogen-bond donors (Lipinski definition) is 2. The lowest BCUT2D eigenvalue weighted by Gasteiger charge is -2.30. The molecule has 0 radical (unpaired) electrons. The summed E-state index contributed by atoms with van der Waals surface area (Å²) in [5, 5.41) is 6.61. The van der Waals surface area contributed by atoms with Crippen molar-refractivity contribution in [1.82, 2.24) is 10.6 Å². The minimum absolute atomic E-state index is 0.0916. The molecule has 0 fully saturated rings. The van der Waals surface area contributed by atoms with E-state index in [0.29, 0.717) is 0 Å². The number of guanidine groups is 1. The third-order valence-corrected chi connectivity index (χ3v) is 4.51. The smallest absolute Gasteiger partial charge is 0.191 e. The second kappa shape index (κ2) is 8.61. The van der Waals surface area contributed by atoms with E-state index < -0.39 is 0 Å².